The quantitative estimate of drug-likeness (QED) is 0.619. The minimum absolute atomic E-state index is 0.0137. The Morgan fingerprint density at radius 1 is 1.38 bits per heavy atom. The summed E-state index contributed by atoms with van der Waals surface area (Å²) in [6.45, 7) is 0. The Balaban J connectivity index is 1.95. The monoisotopic (exact) mass is 253 g/mol. The van der Waals surface area contributed by atoms with Crippen molar-refractivity contribution in [3.05, 3.63) is 47.2 Å². The highest BCUT2D eigenvalue weighted by Crippen LogP contribution is 2.21. The largest absolute Gasteiger partial charge is 0.293 e. The second kappa shape index (κ2) is 5.23. The van der Waals surface area contributed by atoms with Gasteiger partial charge in [-0.05, 0) is 24.3 Å². The fourth-order valence-electron chi connectivity index (χ4n) is 1.13. The van der Waals surface area contributed by atoms with E-state index in [1.807, 2.05) is 5.38 Å². The van der Waals surface area contributed by atoms with Gasteiger partial charge in [0.25, 0.3) is 0 Å². The lowest BCUT2D eigenvalue weighted by molar-refractivity contribution is 0.102. The molecule has 0 aliphatic carbocycles. The molecule has 5 heteroatoms. The van der Waals surface area contributed by atoms with Crippen LogP contribution in [0.1, 0.15) is 10.4 Å². The van der Waals surface area contributed by atoms with Crippen molar-refractivity contribution in [1.29, 1.82) is 0 Å². The molecule has 16 heavy (non-hydrogen) atoms. The van der Waals surface area contributed by atoms with Gasteiger partial charge in [0, 0.05) is 17.1 Å². The number of thiazole rings is 1. The number of ketones is 1. The first-order valence-corrected chi connectivity index (χ1v) is 6.43. The molecule has 0 N–H and O–H groups in total. The van der Waals surface area contributed by atoms with Gasteiger partial charge >= 0.3 is 0 Å². The lowest BCUT2D eigenvalue weighted by Gasteiger charge is -1.98. The van der Waals surface area contributed by atoms with Crippen LogP contribution in [-0.2, 0) is 0 Å². The van der Waals surface area contributed by atoms with Crippen LogP contribution in [0.3, 0.4) is 0 Å². The zero-order valence-electron chi connectivity index (χ0n) is 8.22. The third kappa shape index (κ3) is 2.90. The molecule has 0 radical (unpaired) electrons. The van der Waals surface area contributed by atoms with E-state index in [1.165, 1.54) is 47.4 Å². The molecular weight excluding hydrogens is 245 g/mol. The number of halogens is 1. The molecule has 0 saturated carbocycles. The maximum atomic E-state index is 12.6. The molecule has 0 fully saturated rings. The van der Waals surface area contributed by atoms with Gasteiger partial charge in [0.2, 0.25) is 0 Å². The van der Waals surface area contributed by atoms with Crippen LogP contribution in [-0.4, -0.2) is 16.5 Å². The van der Waals surface area contributed by atoms with Crippen LogP contribution in [0.2, 0.25) is 0 Å². The number of rotatable bonds is 4. The molecule has 1 aromatic heterocycles. The maximum Gasteiger partial charge on any atom is 0.173 e. The summed E-state index contributed by atoms with van der Waals surface area (Å²) in [5.74, 6) is -0.0107. The fraction of sp³-hybridized carbons (Fsp3) is 0.0909. The molecule has 0 spiro atoms. The van der Waals surface area contributed by atoms with Crippen LogP contribution in [0.4, 0.5) is 4.39 Å². The first-order valence-electron chi connectivity index (χ1n) is 4.57. The molecule has 2 rings (SSSR count). The summed E-state index contributed by atoms with van der Waals surface area (Å²) >= 11 is 2.90. The zero-order valence-corrected chi connectivity index (χ0v) is 9.85. The highest BCUT2D eigenvalue weighted by molar-refractivity contribution is 8.01. The summed E-state index contributed by atoms with van der Waals surface area (Å²) < 4.78 is 13.5. The molecular formula is C11H8FNOS2. The van der Waals surface area contributed by atoms with Crippen LogP contribution in [0.25, 0.3) is 0 Å². The predicted molar refractivity (Wildman–Crippen MR) is 63.6 cm³/mol. The molecule has 0 saturated heterocycles. The van der Waals surface area contributed by atoms with Gasteiger partial charge in [0.15, 0.2) is 5.78 Å². The number of hydrogen-bond acceptors (Lipinski definition) is 4. The van der Waals surface area contributed by atoms with E-state index in [2.05, 4.69) is 4.98 Å². The van der Waals surface area contributed by atoms with Gasteiger partial charge in [-0.15, -0.1) is 11.3 Å². The number of carbonyl (C=O) groups is 1. The van der Waals surface area contributed by atoms with E-state index in [4.69, 9.17) is 0 Å². The van der Waals surface area contributed by atoms with E-state index in [1.54, 1.807) is 6.20 Å². The van der Waals surface area contributed by atoms with Crippen molar-refractivity contribution in [3.63, 3.8) is 0 Å². The molecule has 0 unspecified atom stereocenters. The molecule has 2 aromatic rings. The summed E-state index contributed by atoms with van der Waals surface area (Å²) in [6, 6.07) is 5.59. The van der Waals surface area contributed by atoms with Crippen LogP contribution in [0.15, 0.2) is 40.2 Å². The van der Waals surface area contributed by atoms with Crippen molar-refractivity contribution >= 4 is 28.9 Å². The first kappa shape index (κ1) is 11.3. The minimum atomic E-state index is -0.330. The second-order valence-electron chi connectivity index (χ2n) is 3.02. The van der Waals surface area contributed by atoms with Crippen molar-refractivity contribution in [3.8, 4) is 0 Å². The Morgan fingerprint density at radius 3 is 2.75 bits per heavy atom. The van der Waals surface area contributed by atoms with Crippen molar-refractivity contribution in [2.45, 2.75) is 4.34 Å². The van der Waals surface area contributed by atoms with E-state index >= 15 is 0 Å². The summed E-state index contributed by atoms with van der Waals surface area (Å²) in [4.78, 5) is 15.7. The number of thioether (sulfide) groups is 1. The third-order valence-electron chi connectivity index (χ3n) is 1.90. The van der Waals surface area contributed by atoms with Crippen molar-refractivity contribution in [2.24, 2.45) is 0 Å². The van der Waals surface area contributed by atoms with Gasteiger partial charge in [-0.1, -0.05) is 11.8 Å². The number of benzene rings is 1. The molecule has 0 aliphatic rings. The molecule has 2 nitrogen and oxygen atoms in total. The molecule has 0 aliphatic heterocycles. The molecule has 0 bridgehead atoms. The van der Waals surface area contributed by atoms with Crippen LogP contribution < -0.4 is 0 Å². The van der Waals surface area contributed by atoms with Gasteiger partial charge < -0.3 is 0 Å². The Morgan fingerprint density at radius 2 is 2.12 bits per heavy atom. The van der Waals surface area contributed by atoms with E-state index in [0.29, 0.717) is 11.3 Å². The molecule has 0 amide bonds. The smallest absolute Gasteiger partial charge is 0.173 e. The summed E-state index contributed by atoms with van der Waals surface area (Å²) in [5.41, 5.74) is 0.533. The Kier molecular flexibility index (Phi) is 3.69. The highest BCUT2D eigenvalue weighted by atomic mass is 32.2. The number of aromatic nitrogens is 1. The van der Waals surface area contributed by atoms with Gasteiger partial charge in [-0.2, -0.15) is 0 Å². The summed E-state index contributed by atoms with van der Waals surface area (Å²) in [5, 5.41) is 1.87. The maximum absolute atomic E-state index is 12.6. The first-order chi connectivity index (χ1) is 7.75. The van der Waals surface area contributed by atoms with Crippen LogP contribution in [0, 0.1) is 5.82 Å². The normalized spacial score (nSPS) is 10.3. The topological polar surface area (TPSA) is 30.0 Å². The Labute approximate surface area is 101 Å². The van der Waals surface area contributed by atoms with Gasteiger partial charge in [-0.3, -0.25) is 4.79 Å². The van der Waals surface area contributed by atoms with Crippen molar-refractivity contribution in [1.82, 2.24) is 4.98 Å². The van der Waals surface area contributed by atoms with E-state index < -0.39 is 0 Å². The Hall–Kier alpha value is -1.20. The second-order valence-corrected chi connectivity index (χ2v) is 5.13. The average molecular weight is 253 g/mol. The van der Waals surface area contributed by atoms with Crippen LogP contribution in [0.5, 0.6) is 0 Å². The molecule has 1 heterocycles. The van der Waals surface area contributed by atoms with Gasteiger partial charge in [0.05, 0.1) is 5.75 Å². The number of nitrogens with zero attached hydrogens (tertiary/aromatic N) is 1. The Bertz CT molecular complexity index is 467. The highest BCUT2D eigenvalue weighted by Gasteiger charge is 2.07. The lowest BCUT2D eigenvalue weighted by atomic mass is 10.1. The molecule has 82 valence electrons. The van der Waals surface area contributed by atoms with E-state index in [0.717, 1.165) is 4.34 Å². The minimum Gasteiger partial charge on any atom is -0.293 e. The van der Waals surface area contributed by atoms with E-state index in [9.17, 15) is 9.18 Å². The predicted octanol–water partition coefficient (Wildman–Crippen LogP) is 3.26. The SMILES string of the molecule is O=C(CSc1nccs1)c1ccc(F)cc1. The fourth-order valence-corrected chi connectivity index (χ4v) is 2.66. The van der Waals surface area contributed by atoms with Gasteiger partial charge in [0.1, 0.15) is 10.2 Å². The lowest BCUT2D eigenvalue weighted by Crippen LogP contribution is -2.01. The standard InChI is InChI=1S/C11H8FNOS2/c12-9-3-1-8(2-4-9)10(14)7-16-11-13-5-6-15-11/h1-6H,7H2. The number of Topliss-reactive ketones (excluding diaryl/α,β-unsaturated/α-hetero) is 1. The third-order valence-corrected chi connectivity index (χ3v) is 3.87. The zero-order chi connectivity index (χ0) is 11.4. The van der Waals surface area contributed by atoms with Crippen molar-refractivity contribution in [2.75, 3.05) is 5.75 Å². The van der Waals surface area contributed by atoms with Crippen molar-refractivity contribution < 1.29 is 9.18 Å². The van der Waals surface area contributed by atoms with E-state index in [-0.39, 0.29) is 11.6 Å². The molecule has 1 aromatic carbocycles. The molecule has 0 atom stereocenters. The average Bonchev–Trinajstić information content (AvgIpc) is 2.80. The summed E-state index contributed by atoms with van der Waals surface area (Å²) in [7, 11) is 0. The summed E-state index contributed by atoms with van der Waals surface area (Å²) in [6.07, 6.45) is 1.70. The number of carbonyl (C=O) groups excluding carboxylic acids is 1. The van der Waals surface area contributed by atoms with Gasteiger partial charge in [-0.25, -0.2) is 9.37 Å². The number of hydrogen-bond donors (Lipinski definition) is 0. The van der Waals surface area contributed by atoms with Crippen LogP contribution >= 0.6 is 23.1 Å².